The zero-order valence-corrected chi connectivity index (χ0v) is 15.7. The Balaban J connectivity index is 2.42. The topological polar surface area (TPSA) is 17.1 Å². The van der Waals surface area contributed by atoms with Crippen LogP contribution in [0.1, 0.15) is 0 Å². The Morgan fingerprint density at radius 1 is 0.708 bits per heavy atom. The number of hydrogen-bond acceptors (Lipinski definition) is 1. The van der Waals surface area contributed by atoms with Gasteiger partial charge in [-0.15, -0.1) is 0 Å². The van der Waals surface area contributed by atoms with Gasteiger partial charge in [-0.1, -0.05) is 107 Å². The molecule has 3 aromatic rings. The Kier molecular flexibility index (Phi) is 5.50. The Hall–Kier alpha value is -1.89. The molecule has 0 radical (unpaired) electrons. The predicted molar refractivity (Wildman–Crippen MR) is 110 cm³/mol. The zero-order chi connectivity index (χ0) is 16.8. The highest BCUT2D eigenvalue weighted by Crippen LogP contribution is 2.43. The molecule has 0 fully saturated rings. The molecule has 3 rings (SSSR count). The van der Waals surface area contributed by atoms with Crippen LogP contribution in [0.3, 0.4) is 0 Å². The summed E-state index contributed by atoms with van der Waals surface area (Å²) in [5, 5.41) is 3.91. The second-order valence-electron chi connectivity index (χ2n) is 5.46. The first-order valence-electron chi connectivity index (χ1n) is 7.77. The number of Topliss-reactive ketones (excluding diaryl/α,β-unsaturated/α-hetero) is 1. The minimum Gasteiger partial charge on any atom is -0.294 e. The van der Waals surface area contributed by atoms with Crippen LogP contribution in [0.25, 0.3) is 0 Å². The van der Waals surface area contributed by atoms with Crippen molar-refractivity contribution in [2.45, 2.75) is 0 Å². The molecule has 0 unspecified atom stereocenters. The quantitative estimate of drug-likeness (QED) is 0.474. The molecule has 0 saturated carbocycles. The zero-order valence-electron chi connectivity index (χ0n) is 13.2. The molecular weight excluding hydrogens is 379 g/mol. The van der Waals surface area contributed by atoms with Crippen molar-refractivity contribution in [2.75, 3.05) is 5.33 Å². The summed E-state index contributed by atoms with van der Waals surface area (Å²) < 4.78 is 0. The maximum absolute atomic E-state index is 12.5. The van der Waals surface area contributed by atoms with Gasteiger partial charge in [0.25, 0.3) is 0 Å². The van der Waals surface area contributed by atoms with Gasteiger partial charge in [-0.25, -0.2) is 0 Å². The first-order chi connectivity index (χ1) is 11.8. The highest BCUT2D eigenvalue weighted by molar-refractivity contribution is 9.09. The molecule has 120 valence electrons. The average Bonchev–Trinajstić information content (AvgIpc) is 2.68. The van der Waals surface area contributed by atoms with Crippen molar-refractivity contribution in [1.29, 1.82) is 0 Å². The fourth-order valence-electron chi connectivity index (χ4n) is 2.91. The lowest BCUT2D eigenvalue weighted by Crippen LogP contribution is -2.28. The smallest absolute Gasteiger partial charge is 0.167 e. The maximum Gasteiger partial charge on any atom is 0.167 e. The summed E-state index contributed by atoms with van der Waals surface area (Å²) in [6.07, 6.45) is 0. The molecule has 0 spiro atoms. The van der Waals surface area contributed by atoms with Crippen LogP contribution in [-0.4, -0.2) is 16.9 Å². The van der Waals surface area contributed by atoms with Gasteiger partial charge in [0, 0.05) is 0 Å². The summed E-state index contributed by atoms with van der Waals surface area (Å²) in [5.74, 6) is 2.06. The second-order valence-corrected chi connectivity index (χ2v) is 9.27. The molecule has 0 N–H and O–H groups in total. The van der Waals surface area contributed by atoms with Crippen LogP contribution in [0.2, 0.25) is 0 Å². The maximum atomic E-state index is 12.5. The summed E-state index contributed by atoms with van der Waals surface area (Å²) in [6.45, 7) is -2.13. The minimum absolute atomic E-state index is 0.111. The standard InChI is InChI=1S/C21H18BrOP/c22-16-18(23)17-24(19-10-4-1-5-11-19,20-12-6-2-7-13-20)21-14-8-3-9-15-21/h1-15,17H,16H2. The molecule has 0 bridgehead atoms. The third-order valence-electron chi connectivity index (χ3n) is 3.96. The highest BCUT2D eigenvalue weighted by Gasteiger charge is 2.25. The van der Waals surface area contributed by atoms with Crippen LogP contribution in [-0.2, 0) is 4.79 Å². The summed E-state index contributed by atoms with van der Waals surface area (Å²) in [5.41, 5.74) is 0. The molecule has 1 nitrogen and oxygen atoms in total. The SMILES string of the molecule is O=C(C=P(c1ccccc1)(c1ccccc1)c1ccccc1)CBr. The number of ketones is 1. The number of carbonyl (C=O) groups is 1. The monoisotopic (exact) mass is 396 g/mol. The van der Waals surface area contributed by atoms with Gasteiger partial charge in [-0.2, -0.15) is 0 Å². The molecule has 3 heteroatoms. The minimum atomic E-state index is -2.13. The van der Waals surface area contributed by atoms with Crippen molar-refractivity contribution in [3.05, 3.63) is 91.0 Å². The molecule has 0 heterocycles. The fraction of sp³-hybridized carbons (Fsp3) is 0.0476. The molecule has 3 aromatic carbocycles. The van der Waals surface area contributed by atoms with Crippen molar-refractivity contribution < 1.29 is 4.79 Å². The van der Waals surface area contributed by atoms with Crippen LogP contribution < -0.4 is 15.9 Å². The van der Waals surface area contributed by atoms with E-state index in [4.69, 9.17) is 0 Å². The number of alkyl halides is 1. The van der Waals surface area contributed by atoms with E-state index >= 15 is 0 Å². The number of hydrogen-bond donors (Lipinski definition) is 0. The Morgan fingerprint density at radius 3 is 1.33 bits per heavy atom. The van der Waals surface area contributed by atoms with Gasteiger partial charge in [-0.05, 0) is 28.6 Å². The van der Waals surface area contributed by atoms with Crippen molar-refractivity contribution >= 4 is 50.3 Å². The Bertz CT molecular complexity index is 755. The molecule has 0 aromatic heterocycles. The summed E-state index contributed by atoms with van der Waals surface area (Å²) in [7, 11) is 0. The largest absolute Gasteiger partial charge is 0.294 e. The number of rotatable bonds is 5. The van der Waals surface area contributed by atoms with Crippen LogP contribution in [0.5, 0.6) is 0 Å². The van der Waals surface area contributed by atoms with Crippen LogP contribution >= 0.6 is 22.8 Å². The lowest BCUT2D eigenvalue weighted by Gasteiger charge is -2.28. The molecule has 0 saturated heterocycles. The van der Waals surface area contributed by atoms with Crippen LogP contribution in [0.15, 0.2) is 91.0 Å². The number of benzene rings is 3. The summed E-state index contributed by atoms with van der Waals surface area (Å²) in [4.78, 5) is 12.5. The van der Waals surface area contributed by atoms with E-state index in [1.807, 2.05) is 60.4 Å². The van der Waals surface area contributed by atoms with Crippen LogP contribution in [0.4, 0.5) is 0 Å². The molecular formula is C21H18BrOP. The van der Waals surface area contributed by atoms with Crippen molar-refractivity contribution in [2.24, 2.45) is 0 Å². The van der Waals surface area contributed by atoms with E-state index in [-0.39, 0.29) is 5.78 Å². The summed E-state index contributed by atoms with van der Waals surface area (Å²) in [6, 6.07) is 31.1. The lowest BCUT2D eigenvalue weighted by atomic mass is 10.4. The normalized spacial score (nSPS) is 11.0. The van der Waals surface area contributed by atoms with E-state index in [0.29, 0.717) is 5.33 Å². The average molecular weight is 397 g/mol. The van der Waals surface area contributed by atoms with Gasteiger partial charge in [0.2, 0.25) is 0 Å². The lowest BCUT2D eigenvalue weighted by molar-refractivity contribution is -0.110. The Labute approximate surface area is 151 Å². The van der Waals surface area contributed by atoms with Gasteiger partial charge >= 0.3 is 0 Å². The molecule has 24 heavy (non-hydrogen) atoms. The molecule has 0 atom stereocenters. The third kappa shape index (κ3) is 3.31. The van der Waals surface area contributed by atoms with Gasteiger partial charge in [0.1, 0.15) is 0 Å². The van der Waals surface area contributed by atoms with Crippen molar-refractivity contribution in [1.82, 2.24) is 0 Å². The predicted octanol–water partition coefficient (Wildman–Crippen LogP) is 3.75. The van der Waals surface area contributed by atoms with E-state index in [0.717, 1.165) is 0 Å². The van der Waals surface area contributed by atoms with Crippen molar-refractivity contribution in [3.8, 4) is 0 Å². The van der Waals surface area contributed by atoms with E-state index in [1.165, 1.54) is 15.9 Å². The van der Waals surface area contributed by atoms with E-state index in [1.54, 1.807) is 0 Å². The third-order valence-corrected chi connectivity index (χ3v) is 8.53. The Morgan fingerprint density at radius 2 is 1.04 bits per heavy atom. The number of carbonyl (C=O) groups excluding carboxylic acids is 1. The first-order valence-corrected chi connectivity index (χ1v) is 10.8. The van der Waals surface area contributed by atoms with Gasteiger partial charge in [0.15, 0.2) is 5.78 Å². The summed E-state index contributed by atoms with van der Waals surface area (Å²) >= 11 is 3.32. The van der Waals surface area contributed by atoms with E-state index in [2.05, 4.69) is 52.3 Å². The first kappa shape index (κ1) is 17.0. The highest BCUT2D eigenvalue weighted by atomic mass is 79.9. The van der Waals surface area contributed by atoms with Gasteiger partial charge in [0.05, 0.1) is 5.33 Å². The molecule has 0 aliphatic rings. The van der Waals surface area contributed by atoms with E-state index in [9.17, 15) is 4.79 Å². The number of halogens is 1. The molecule has 0 amide bonds. The van der Waals surface area contributed by atoms with E-state index < -0.39 is 6.89 Å². The fourth-order valence-corrected chi connectivity index (χ4v) is 7.11. The second kappa shape index (κ2) is 7.79. The van der Waals surface area contributed by atoms with Gasteiger partial charge < -0.3 is 0 Å². The van der Waals surface area contributed by atoms with Gasteiger partial charge in [-0.3, -0.25) is 4.79 Å². The van der Waals surface area contributed by atoms with Crippen LogP contribution in [0, 0.1) is 0 Å². The molecule has 0 aliphatic carbocycles. The molecule has 0 aliphatic heterocycles. The van der Waals surface area contributed by atoms with Crippen molar-refractivity contribution in [3.63, 3.8) is 0 Å².